The van der Waals surface area contributed by atoms with Gasteiger partial charge in [0.2, 0.25) is 11.8 Å². The lowest BCUT2D eigenvalue weighted by atomic mass is 9.90. The van der Waals surface area contributed by atoms with E-state index in [-0.39, 0.29) is 11.6 Å². The molecule has 28 heavy (non-hydrogen) atoms. The number of rotatable bonds is 5. The Hall–Kier alpha value is -2.83. The van der Waals surface area contributed by atoms with Gasteiger partial charge in [-0.1, -0.05) is 38.1 Å². The molecule has 2 rings (SSSR count). The number of alkyl halides is 3. The normalized spacial score (nSPS) is 12.0. The van der Waals surface area contributed by atoms with Crippen LogP contribution in [0.2, 0.25) is 0 Å². The van der Waals surface area contributed by atoms with Crippen LogP contribution in [-0.2, 0) is 15.8 Å². The highest BCUT2D eigenvalue weighted by atomic mass is 19.4. The number of carbonyl (C=O) groups excluding carboxylic acids is 2. The van der Waals surface area contributed by atoms with Crippen molar-refractivity contribution in [3.63, 3.8) is 0 Å². The van der Waals surface area contributed by atoms with E-state index in [1.54, 1.807) is 12.1 Å². The molecule has 0 fully saturated rings. The number of hydrogen-bond donors (Lipinski definition) is 2. The van der Waals surface area contributed by atoms with E-state index >= 15 is 0 Å². The summed E-state index contributed by atoms with van der Waals surface area (Å²) < 4.78 is 38.5. The van der Waals surface area contributed by atoms with Crippen molar-refractivity contribution in [1.82, 2.24) is 0 Å². The van der Waals surface area contributed by atoms with Gasteiger partial charge in [-0.15, -0.1) is 0 Å². The predicted molar refractivity (Wildman–Crippen MR) is 103 cm³/mol. The van der Waals surface area contributed by atoms with Crippen LogP contribution in [-0.4, -0.2) is 11.8 Å². The topological polar surface area (TPSA) is 58.2 Å². The molecule has 0 atom stereocenters. The molecule has 0 heterocycles. The van der Waals surface area contributed by atoms with Crippen molar-refractivity contribution in [3.8, 4) is 0 Å². The molecule has 7 heteroatoms. The second-order valence-corrected chi connectivity index (χ2v) is 7.35. The van der Waals surface area contributed by atoms with Crippen LogP contribution in [0.5, 0.6) is 0 Å². The number of amides is 2. The van der Waals surface area contributed by atoms with Gasteiger partial charge in [-0.2, -0.15) is 13.2 Å². The minimum absolute atomic E-state index is 0.0247. The highest BCUT2D eigenvalue weighted by Gasteiger charge is 2.37. The first kappa shape index (κ1) is 21.5. The average Bonchev–Trinajstić information content (AvgIpc) is 2.61. The van der Waals surface area contributed by atoms with Gasteiger partial charge in [0, 0.05) is 11.4 Å². The molecule has 0 aliphatic carbocycles. The Morgan fingerprint density at radius 1 is 0.893 bits per heavy atom. The minimum atomic E-state index is -4.52. The first-order valence-electron chi connectivity index (χ1n) is 8.82. The molecular weight excluding hydrogens is 369 g/mol. The van der Waals surface area contributed by atoms with Crippen LogP contribution in [0, 0.1) is 5.41 Å². The van der Waals surface area contributed by atoms with Crippen LogP contribution in [0.3, 0.4) is 0 Å². The van der Waals surface area contributed by atoms with Crippen LogP contribution < -0.4 is 10.6 Å². The number of nitrogens with one attached hydrogen (secondary N) is 2. The molecule has 2 aromatic rings. The SMILES string of the molecule is CC(C)c1ccccc1NC(=O)C(C)(C)C(=O)Nc1cccc(C(F)(F)F)c1. The molecular formula is C21H23F3N2O2. The van der Waals surface area contributed by atoms with Crippen LogP contribution in [0.25, 0.3) is 0 Å². The fourth-order valence-corrected chi connectivity index (χ4v) is 2.56. The summed E-state index contributed by atoms with van der Waals surface area (Å²) in [5, 5.41) is 5.15. The number of halogens is 3. The summed E-state index contributed by atoms with van der Waals surface area (Å²) in [5.41, 5.74) is -0.882. The second-order valence-electron chi connectivity index (χ2n) is 7.35. The van der Waals surface area contributed by atoms with Crippen molar-refractivity contribution in [3.05, 3.63) is 59.7 Å². The van der Waals surface area contributed by atoms with Gasteiger partial charge in [-0.25, -0.2) is 0 Å². The lowest BCUT2D eigenvalue weighted by molar-refractivity contribution is -0.138. The summed E-state index contributed by atoms with van der Waals surface area (Å²) in [6, 6.07) is 11.5. The van der Waals surface area contributed by atoms with Gasteiger partial charge in [0.1, 0.15) is 5.41 Å². The molecule has 0 spiro atoms. The largest absolute Gasteiger partial charge is 0.416 e. The van der Waals surface area contributed by atoms with E-state index in [2.05, 4.69) is 10.6 Å². The van der Waals surface area contributed by atoms with Crippen molar-refractivity contribution in [2.75, 3.05) is 10.6 Å². The predicted octanol–water partition coefficient (Wildman–Crippen LogP) is 5.43. The van der Waals surface area contributed by atoms with Crippen molar-refractivity contribution in [2.24, 2.45) is 5.41 Å². The van der Waals surface area contributed by atoms with Gasteiger partial charge in [-0.05, 0) is 49.6 Å². The third-order valence-corrected chi connectivity index (χ3v) is 4.41. The van der Waals surface area contributed by atoms with Crippen LogP contribution in [0.15, 0.2) is 48.5 Å². The fourth-order valence-electron chi connectivity index (χ4n) is 2.56. The molecule has 0 saturated heterocycles. The highest BCUT2D eigenvalue weighted by Crippen LogP contribution is 2.31. The Bertz CT molecular complexity index is 874. The van der Waals surface area contributed by atoms with Crippen molar-refractivity contribution < 1.29 is 22.8 Å². The third kappa shape index (κ3) is 4.91. The standard InChI is InChI=1S/C21H23F3N2O2/c1-13(2)16-10-5-6-11-17(16)26-19(28)20(3,4)18(27)25-15-9-7-8-14(12-15)21(22,23)24/h5-13H,1-4H3,(H,25,27)(H,26,28). The van der Waals surface area contributed by atoms with Gasteiger partial charge in [0.15, 0.2) is 0 Å². The number of hydrogen-bond acceptors (Lipinski definition) is 2. The first-order chi connectivity index (χ1) is 12.9. The quantitative estimate of drug-likeness (QED) is 0.667. The van der Waals surface area contributed by atoms with Crippen molar-refractivity contribution >= 4 is 23.2 Å². The highest BCUT2D eigenvalue weighted by molar-refractivity contribution is 6.14. The van der Waals surface area contributed by atoms with E-state index in [0.717, 1.165) is 17.7 Å². The summed E-state index contributed by atoms with van der Waals surface area (Å²) in [6.45, 7) is 6.81. The molecule has 0 saturated carbocycles. The molecule has 0 unspecified atom stereocenters. The zero-order valence-electron chi connectivity index (χ0n) is 16.1. The molecule has 150 valence electrons. The Kier molecular flexibility index (Phi) is 6.17. The Labute approximate surface area is 162 Å². The molecule has 2 amide bonds. The number of carbonyl (C=O) groups is 2. The lowest BCUT2D eigenvalue weighted by Crippen LogP contribution is -2.41. The Morgan fingerprint density at radius 3 is 2.11 bits per heavy atom. The van der Waals surface area contributed by atoms with Crippen LogP contribution in [0.1, 0.15) is 44.7 Å². The van der Waals surface area contributed by atoms with E-state index in [1.165, 1.54) is 26.0 Å². The first-order valence-corrected chi connectivity index (χ1v) is 8.82. The summed E-state index contributed by atoms with van der Waals surface area (Å²) >= 11 is 0. The molecule has 0 aliphatic heterocycles. The number of para-hydroxylation sites is 1. The molecule has 4 nitrogen and oxygen atoms in total. The Balaban J connectivity index is 2.18. The smallest absolute Gasteiger partial charge is 0.325 e. The van der Waals surface area contributed by atoms with E-state index in [9.17, 15) is 22.8 Å². The molecule has 0 bridgehead atoms. The van der Waals surface area contributed by atoms with Gasteiger partial charge in [0.25, 0.3) is 0 Å². The summed E-state index contributed by atoms with van der Waals surface area (Å²) in [7, 11) is 0. The van der Waals surface area contributed by atoms with Crippen LogP contribution in [0.4, 0.5) is 24.5 Å². The summed E-state index contributed by atoms with van der Waals surface area (Å²) in [5.74, 6) is -1.09. The molecule has 2 aromatic carbocycles. The molecule has 0 radical (unpaired) electrons. The maximum Gasteiger partial charge on any atom is 0.416 e. The van der Waals surface area contributed by atoms with Gasteiger partial charge in [0.05, 0.1) is 5.56 Å². The van der Waals surface area contributed by atoms with Crippen molar-refractivity contribution in [2.45, 2.75) is 39.8 Å². The van der Waals surface area contributed by atoms with E-state index in [0.29, 0.717) is 5.69 Å². The number of benzene rings is 2. The lowest BCUT2D eigenvalue weighted by Gasteiger charge is -2.24. The van der Waals surface area contributed by atoms with Gasteiger partial charge in [-0.3, -0.25) is 9.59 Å². The minimum Gasteiger partial charge on any atom is -0.325 e. The Morgan fingerprint density at radius 2 is 1.50 bits per heavy atom. The van der Waals surface area contributed by atoms with Crippen LogP contribution >= 0.6 is 0 Å². The fraction of sp³-hybridized carbons (Fsp3) is 0.333. The maximum atomic E-state index is 12.8. The van der Waals surface area contributed by atoms with Gasteiger partial charge >= 0.3 is 6.18 Å². The number of anilines is 2. The molecule has 0 aliphatic rings. The zero-order chi connectivity index (χ0) is 21.1. The summed E-state index contributed by atoms with van der Waals surface area (Å²) in [4.78, 5) is 25.3. The van der Waals surface area contributed by atoms with Crippen molar-refractivity contribution in [1.29, 1.82) is 0 Å². The van der Waals surface area contributed by atoms with E-state index in [4.69, 9.17) is 0 Å². The monoisotopic (exact) mass is 392 g/mol. The molecule has 2 N–H and O–H groups in total. The zero-order valence-corrected chi connectivity index (χ0v) is 16.1. The van der Waals surface area contributed by atoms with Gasteiger partial charge < -0.3 is 10.6 Å². The van der Waals surface area contributed by atoms with E-state index in [1.807, 2.05) is 26.0 Å². The summed E-state index contributed by atoms with van der Waals surface area (Å²) in [6.07, 6.45) is -4.52. The second kappa shape index (κ2) is 8.04. The average molecular weight is 392 g/mol. The van der Waals surface area contributed by atoms with E-state index < -0.39 is 29.0 Å². The third-order valence-electron chi connectivity index (χ3n) is 4.41. The maximum absolute atomic E-state index is 12.8. The molecule has 0 aromatic heterocycles.